The Balaban J connectivity index is 1.02. The number of imidazole rings is 2. The third-order valence-electron chi connectivity index (χ3n) is 9.05. The van der Waals surface area contributed by atoms with Gasteiger partial charge >= 0.3 is 0 Å². The maximum atomic E-state index is 13.2. The van der Waals surface area contributed by atoms with E-state index in [1.807, 2.05) is 78.0 Å². The highest BCUT2D eigenvalue weighted by atomic mass is 16.2. The summed E-state index contributed by atoms with van der Waals surface area (Å²) >= 11 is 0. The molecule has 6 aromatic rings. The average molecular weight is 635 g/mol. The number of aromatic nitrogens is 4. The molecule has 0 aliphatic carbocycles. The maximum Gasteiger partial charge on any atom is 0.254 e. The van der Waals surface area contributed by atoms with Gasteiger partial charge in [-0.3, -0.25) is 9.59 Å². The van der Waals surface area contributed by atoms with Crippen LogP contribution in [-0.4, -0.2) is 43.2 Å². The zero-order valence-electron chi connectivity index (χ0n) is 27.1. The molecule has 2 amide bonds. The largest absolute Gasteiger partial charge is 0.342 e. The lowest BCUT2D eigenvalue weighted by molar-refractivity contribution is 0.0730. The van der Waals surface area contributed by atoms with Crippen LogP contribution >= 0.6 is 0 Å². The highest BCUT2D eigenvalue weighted by molar-refractivity contribution is 5.95. The van der Waals surface area contributed by atoms with E-state index in [-0.39, 0.29) is 29.8 Å². The van der Waals surface area contributed by atoms with Gasteiger partial charge < -0.3 is 20.2 Å². The first-order valence-corrected chi connectivity index (χ1v) is 16.5. The van der Waals surface area contributed by atoms with Crippen LogP contribution in [0.5, 0.6) is 0 Å². The Kier molecular flexibility index (Phi) is 8.71. The quantitative estimate of drug-likeness (QED) is 0.149. The van der Waals surface area contributed by atoms with Gasteiger partial charge in [-0.05, 0) is 65.3 Å². The number of hydrogen-bond donors (Lipinski definition) is 3. The molecule has 0 radical (unpaired) electrons. The second-order valence-corrected chi connectivity index (χ2v) is 12.6. The van der Waals surface area contributed by atoms with Crippen molar-refractivity contribution >= 4 is 11.8 Å². The van der Waals surface area contributed by atoms with Crippen molar-refractivity contribution in [3.8, 4) is 33.6 Å². The van der Waals surface area contributed by atoms with Gasteiger partial charge in [0.1, 0.15) is 11.6 Å². The third-order valence-corrected chi connectivity index (χ3v) is 9.05. The number of aromatic amines is 2. The fourth-order valence-electron chi connectivity index (χ4n) is 6.38. The number of nitrogens with one attached hydrogen (secondary N) is 3. The summed E-state index contributed by atoms with van der Waals surface area (Å²) in [5.41, 5.74) is 7.42. The molecule has 1 fully saturated rings. The van der Waals surface area contributed by atoms with Crippen molar-refractivity contribution in [2.45, 2.75) is 38.8 Å². The van der Waals surface area contributed by atoms with Crippen LogP contribution < -0.4 is 5.32 Å². The molecule has 0 bridgehead atoms. The Morgan fingerprint density at radius 2 is 1.25 bits per heavy atom. The molecule has 0 spiro atoms. The van der Waals surface area contributed by atoms with Crippen LogP contribution in [0.2, 0.25) is 0 Å². The van der Waals surface area contributed by atoms with Crippen molar-refractivity contribution in [2.24, 2.45) is 5.92 Å². The number of rotatable bonds is 9. The molecule has 0 saturated carbocycles. The molecule has 4 aromatic carbocycles. The first-order valence-electron chi connectivity index (χ1n) is 16.5. The van der Waals surface area contributed by atoms with Gasteiger partial charge in [-0.15, -0.1) is 0 Å². The Labute approximate surface area is 280 Å². The number of likely N-dealkylation sites (tertiary alicyclic amines) is 1. The van der Waals surface area contributed by atoms with Gasteiger partial charge in [0.25, 0.3) is 11.8 Å². The van der Waals surface area contributed by atoms with Crippen molar-refractivity contribution < 1.29 is 9.59 Å². The molecule has 240 valence electrons. The predicted octanol–water partition coefficient (Wildman–Crippen LogP) is 8.24. The molecule has 0 unspecified atom stereocenters. The predicted molar refractivity (Wildman–Crippen MR) is 188 cm³/mol. The third kappa shape index (κ3) is 6.42. The molecule has 8 heteroatoms. The van der Waals surface area contributed by atoms with Crippen molar-refractivity contribution in [3.63, 3.8) is 0 Å². The molecule has 3 N–H and O–H groups in total. The van der Waals surface area contributed by atoms with Crippen LogP contribution in [0.3, 0.4) is 0 Å². The minimum atomic E-state index is -0.246. The molecule has 1 aliphatic rings. The van der Waals surface area contributed by atoms with E-state index in [4.69, 9.17) is 4.98 Å². The molecule has 48 heavy (non-hydrogen) atoms. The van der Waals surface area contributed by atoms with E-state index in [2.05, 4.69) is 82.6 Å². The summed E-state index contributed by atoms with van der Waals surface area (Å²) in [6.45, 7) is 4.87. The summed E-state index contributed by atoms with van der Waals surface area (Å²) in [5, 5.41) is 3.13. The lowest BCUT2D eigenvalue weighted by Gasteiger charge is -2.23. The van der Waals surface area contributed by atoms with E-state index in [1.54, 1.807) is 0 Å². The summed E-state index contributed by atoms with van der Waals surface area (Å²) in [6, 6.07) is 35.2. The lowest BCUT2D eigenvalue weighted by Crippen LogP contribution is -2.32. The zero-order chi connectivity index (χ0) is 33.0. The second-order valence-electron chi connectivity index (χ2n) is 12.6. The zero-order valence-corrected chi connectivity index (χ0v) is 27.1. The summed E-state index contributed by atoms with van der Waals surface area (Å²) in [7, 11) is 0. The second kappa shape index (κ2) is 13.5. The fourth-order valence-corrected chi connectivity index (χ4v) is 6.38. The number of carbonyl (C=O) groups is 2. The minimum absolute atomic E-state index is 0.0477. The highest BCUT2D eigenvalue weighted by Crippen LogP contribution is 2.33. The van der Waals surface area contributed by atoms with E-state index in [0.717, 1.165) is 64.7 Å². The van der Waals surface area contributed by atoms with Crippen molar-refractivity contribution in [1.82, 2.24) is 30.2 Å². The average Bonchev–Trinajstić information content (AvgIpc) is 3.93. The van der Waals surface area contributed by atoms with Crippen LogP contribution in [0, 0.1) is 5.92 Å². The van der Waals surface area contributed by atoms with Crippen molar-refractivity contribution in [1.29, 1.82) is 0 Å². The number of hydrogen-bond acceptors (Lipinski definition) is 4. The summed E-state index contributed by atoms with van der Waals surface area (Å²) < 4.78 is 0. The topological polar surface area (TPSA) is 107 Å². The smallest absolute Gasteiger partial charge is 0.254 e. The molecule has 1 aliphatic heterocycles. The van der Waals surface area contributed by atoms with Crippen LogP contribution in [0.1, 0.15) is 71.1 Å². The van der Waals surface area contributed by atoms with Gasteiger partial charge in [0.2, 0.25) is 0 Å². The highest BCUT2D eigenvalue weighted by Gasteiger charge is 2.32. The number of nitrogens with zero attached hydrogens (tertiary/aromatic N) is 3. The lowest BCUT2D eigenvalue weighted by atomic mass is 10.0. The molecular formula is C40H38N6O2. The Morgan fingerprint density at radius 1 is 0.708 bits per heavy atom. The van der Waals surface area contributed by atoms with Crippen LogP contribution in [0.15, 0.2) is 122 Å². The summed E-state index contributed by atoms with van der Waals surface area (Å²) in [5.74, 6) is 1.63. The maximum absolute atomic E-state index is 13.2. The van der Waals surface area contributed by atoms with E-state index in [1.165, 1.54) is 0 Å². The van der Waals surface area contributed by atoms with Gasteiger partial charge in [0.15, 0.2) is 0 Å². The molecule has 2 aromatic heterocycles. The minimum Gasteiger partial charge on any atom is -0.342 e. The van der Waals surface area contributed by atoms with Crippen LogP contribution in [0.25, 0.3) is 33.6 Å². The van der Waals surface area contributed by atoms with Crippen LogP contribution in [0.4, 0.5) is 0 Å². The van der Waals surface area contributed by atoms with Gasteiger partial charge in [-0.2, -0.15) is 0 Å². The SMILES string of the molecule is CC(C)[C@H](NC(=O)c1ccccc1)c1ncc(-c2ccc(-c3ccc(-c4cnc([C@@H]5CCCN5C(=O)c5ccccc5)[nH]4)cc3)cc2)[nH]1. The van der Waals surface area contributed by atoms with Gasteiger partial charge in [-0.1, -0.05) is 98.8 Å². The fraction of sp³-hybridized carbons (Fsp3) is 0.200. The van der Waals surface area contributed by atoms with E-state index < -0.39 is 0 Å². The van der Waals surface area contributed by atoms with Crippen molar-refractivity contribution in [2.75, 3.05) is 6.54 Å². The number of carbonyl (C=O) groups excluding carboxylic acids is 2. The molecule has 1 saturated heterocycles. The number of H-pyrrole nitrogens is 2. The summed E-state index contributed by atoms with van der Waals surface area (Å²) in [4.78, 5) is 44.2. The Bertz CT molecular complexity index is 1910. The summed E-state index contributed by atoms with van der Waals surface area (Å²) in [6.07, 6.45) is 5.53. The number of benzene rings is 4. The van der Waals surface area contributed by atoms with Crippen molar-refractivity contribution in [3.05, 3.63) is 144 Å². The molecule has 8 nitrogen and oxygen atoms in total. The van der Waals surface area contributed by atoms with Gasteiger partial charge in [0.05, 0.1) is 35.9 Å². The Hall–Kier alpha value is -5.76. The van der Waals surface area contributed by atoms with E-state index in [0.29, 0.717) is 11.1 Å². The van der Waals surface area contributed by atoms with Crippen LogP contribution in [-0.2, 0) is 0 Å². The molecule has 3 heterocycles. The first kappa shape index (κ1) is 30.9. The van der Waals surface area contributed by atoms with Gasteiger partial charge in [-0.25, -0.2) is 9.97 Å². The van der Waals surface area contributed by atoms with E-state index in [9.17, 15) is 9.59 Å². The molecular weight excluding hydrogens is 596 g/mol. The molecule has 7 rings (SSSR count). The normalized spacial score (nSPS) is 15.1. The monoisotopic (exact) mass is 634 g/mol. The van der Waals surface area contributed by atoms with Gasteiger partial charge in [0, 0.05) is 17.7 Å². The van der Waals surface area contributed by atoms with E-state index >= 15 is 0 Å². The number of amides is 2. The first-order chi connectivity index (χ1) is 23.4. The standard InChI is InChI=1S/C40H38N6O2/c1-26(2)36(45-39(47)31-10-5-3-6-11-31)38-42-25-34(44-38)30-21-17-28(18-22-30)27-15-19-29(20-16-27)33-24-41-37(43-33)35-14-9-23-46(35)40(48)32-12-7-4-8-13-32/h3-8,10-13,15-22,24-26,35-36H,9,14,23H2,1-2H3,(H,41,43)(H,42,44)(H,45,47)/t35-,36-/m0/s1. The molecule has 2 atom stereocenters. The Morgan fingerprint density at radius 3 is 1.85 bits per heavy atom.